The summed E-state index contributed by atoms with van der Waals surface area (Å²) in [6.45, 7) is 0. The molecule has 1 heterocycles. The summed E-state index contributed by atoms with van der Waals surface area (Å²) in [4.78, 5) is 37.5. The van der Waals surface area contributed by atoms with E-state index in [1.807, 2.05) is 0 Å². The molecule has 27 heavy (non-hydrogen) atoms. The summed E-state index contributed by atoms with van der Waals surface area (Å²) in [6, 6.07) is 9.91. The molecule has 0 atom stereocenters. The summed E-state index contributed by atoms with van der Waals surface area (Å²) >= 11 is 0. The predicted octanol–water partition coefficient (Wildman–Crippen LogP) is 2.65. The maximum absolute atomic E-state index is 12.0. The molecule has 1 N–H and O–H groups in total. The monoisotopic (exact) mass is 368 g/mol. The van der Waals surface area contributed by atoms with Gasteiger partial charge < -0.3 is 14.6 Å². The first-order valence-corrected chi connectivity index (χ1v) is 7.58. The summed E-state index contributed by atoms with van der Waals surface area (Å²) in [7, 11) is 1.31. The van der Waals surface area contributed by atoms with E-state index >= 15 is 0 Å². The Hall–Kier alpha value is -4.01. The Morgan fingerprint density at radius 3 is 2.56 bits per heavy atom. The summed E-state index contributed by atoms with van der Waals surface area (Å²) in [6.07, 6.45) is 1.43. The number of benzene rings is 2. The second-order valence-electron chi connectivity index (χ2n) is 5.41. The molecule has 1 aliphatic rings. The molecular weight excluding hydrogens is 356 g/mol. The number of methoxy groups -OCH3 is 1. The highest BCUT2D eigenvalue weighted by Crippen LogP contribution is 2.29. The molecule has 9 nitrogen and oxygen atoms in total. The minimum atomic E-state index is -1.06. The summed E-state index contributed by atoms with van der Waals surface area (Å²) < 4.78 is 10.0. The van der Waals surface area contributed by atoms with Crippen molar-refractivity contribution in [3.05, 3.63) is 75.0 Å². The molecule has 2 aromatic rings. The third kappa shape index (κ3) is 3.66. The summed E-state index contributed by atoms with van der Waals surface area (Å²) in [5.74, 6) is -1.77. The molecule has 0 amide bonds. The van der Waals surface area contributed by atoms with Gasteiger partial charge in [0, 0.05) is 11.6 Å². The lowest BCUT2D eigenvalue weighted by Gasteiger charge is -2.03. The van der Waals surface area contributed by atoms with Crippen LogP contribution in [0, 0.1) is 10.1 Å². The van der Waals surface area contributed by atoms with Gasteiger partial charge in [0.25, 0.3) is 0 Å². The second kappa shape index (κ2) is 7.08. The molecular formula is C18H12N2O7. The fourth-order valence-corrected chi connectivity index (χ4v) is 2.38. The molecule has 2 aromatic carbocycles. The van der Waals surface area contributed by atoms with Gasteiger partial charge >= 0.3 is 17.6 Å². The van der Waals surface area contributed by atoms with Crippen molar-refractivity contribution in [3.63, 3.8) is 0 Å². The minimum absolute atomic E-state index is 0.00783. The van der Waals surface area contributed by atoms with Crippen LogP contribution in [-0.2, 0) is 9.53 Å². The van der Waals surface area contributed by atoms with Gasteiger partial charge in [0.15, 0.2) is 11.4 Å². The van der Waals surface area contributed by atoms with Crippen LogP contribution in [0.25, 0.3) is 6.08 Å². The van der Waals surface area contributed by atoms with Gasteiger partial charge in [-0.2, -0.15) is 0 Å². The van der Waals surface area contributed by atoms with E-state index in [0.29, 0.717) is 5.56 Å². The van der Waals surface area contributed by atoms with Crippen LogP contribution in [-0.4, -0.2) is 35.0 Å². The van der Waals surface area contributed by atoms with E-state index < -0.39 is 16.9 Å². The molecule has 0 spiro atoms. The molecule has 0 bridgehead atoms. The van der Waals surface area contributed by atoms with Crippen LogP contribution in [0.4, 0.5) is 5.69 Å². The number of carboxylic acids is 1. The molecule has 0 saturated heterocycles. The zero-order chi connectivity index (χ0) is 19.6. The number of aliphatic imine (C=N–C) groups is 1. The number of ether oxygens (including phenoxy) is 2. The van der Waals surface area contributed by atoms with Crippen LogP contribution in [0.1, 0.15) is 21.5 Å². The number of nitro groups is 1. The number of esters is 1. The van der Waals surface area contributed by atoms with Crippen molar-refractivity contribution < 1.29 is 29.1 Å². The Kier molecular flexibility index (Phi) is 4.67. The normalized spacial score (nSPS) is 14.6. The van der Waals surface area contributed by atoms with Crippen LogP contribution < -0.4 is 4.74 Å². The molecule has 136 valence electrons. The maximum Gasteiger partial charge on any atom is 0.363 e. The van der Waals surface area contributed by atoms with Crippen molar-refractivity contribution in [1.29, 1.82) is 0 Å². The molecule has 3 rings (SSSR count). The van der Waals surface area contributed by atoms with Crippen LogP contribution in [0.2, 0.25) is 0 Å². The van der Waals surface area contributed by atoms with Gasteiger partial charge in [0.1, 0.15) is 0 Å². The average molecular weight is 368 g/mol. The van der Waals surface area contributed by atoms with E-state index in [-0.39, 0.29) is 34.2 Å². The zero-order valence-corrected chi connectivity index (χ0v) is 13.9. The third-order valence-electron chi connectivity index (χ3n) is 3.70. The van der Waals surface area contributed by atoms with E-state index in [1.165, 1.54) is 55.7 Å². The summed E-state index contributed by atoms with van der Waals surface area (Å²) in [5.41, 5.74) is 0.626. The van der Waals surface area contributed by atoms with E-state index in [0.717, 1.165) is 0 Å². The fraction of sp³-hybridized carbons (Fsp3) is 0.0556. The average Bonchev–Trinajstić information content (AvgIpc) is 3.02. The lowest BCUT2D eigenvalue weighted by atomic mass is 10.1. The molecule has 0 fully saturated rings. The van der Waals surface area contributed by atoms with Crippen molar-refractivity contribution in [1.82, 2.24) is 0 Å². The number of hydrogen-bond acceptors (Lipinski definition) is 7. The number of nitro benzene ring substituents is 1. The van der Waals surface area contributed by atoms with E-state index in [9.17, 15) is 19.7 Å². The van der Waals surface area contributed by atoms with Gasteiger partial charge in [-0.05, 0) is 35.9 Å². The van der Waals surface area contributed by atoms with Crippen molar-refractivity contribution in [2.24, 2.45) is 4.99 Å². The Morgan fingerprint density at radius 2 is 1.96 bits per heavy atom. The van der Waals surface area contributed by atoms with Gasteiger partial charge in [-0.3, -0.25) is 10.1 Å². The SMILES string of the molecule is COc1ccc(C2=N/C(=C\c3ccc(C(=O)O)cc3)C(=O)O2)cc1[N+](=O)[O-]. The quantitative estimate of drug-likeness (QED) is 0.372. The highest BCUT2D eigenvalue weighted by atomic mass is 16.6. The number of rotatable bonds is 5. The zero-order valence-electron chi connectivity index (χ0n) is 13.9. The van der Waals surface area contributed by atoms with E-state index in [1.54, 1.807) is 0 Å². The molecule has 9 heteroatoms. The lowest BCUT2D eigenvalue weighted by molar-refractivity contribution is -0.385. The van der Waals surface area contributed by atoms with Gasteiger partial charge in [-0.1, -0.05) is 12.1 Å². The van der Waals surface area contributed by atoms with E-state index in [4.69, 9.17) is 14.6 Å². The number of hydrogen-bond donors (Lipinski definition) is 1. The van der Waals surface area contributed by atoms with Crippen molar-refractivity contribution in [2.45, 2.75) is 0 Å². The van der Waals surface area contributed by atoms with Gasteiger partial charge in [0.2, 0.25) is 5.90 Å². The number of carbonyl (C=O) groups excluding carboxylic acids is 1. The van der Waals surface area contributed by atoms with Crippen molar-refractivity contribution in [3.8, 4) is 5.75 Å². The number of carboxylic acid groups (broad SMARTS) is 1. The molecule has 1 aliphatic heterocycles. The largest absolute Gasteiger partial charge is 0.490 e. The smallest absolute Gasteiger partial charge is 0.363 e. The van der Waals surface area contributed by atoms with Gasteiger partial charge in [0.05, 0.1) is 17.6 Å². The molecule has 0 aliphatic carbocycles. The molecule has 0 radical (unpaired) electrons. The van der Waals surface area contributed by atoms with Crippen LogP contribution in [0.5, 0.6) is 5.75 Å². The first kappa shape index (κ1) is 17.8. The third-order valence-corrected chi connectivity index (χ3v) is 3.70. The molecule has 0 aromatic heterocycles. The van der Waals surface area contributed by atoms with Gasteiger partial charge in [-0.15, -0.1) is 0 Å². The van der Waals surface area contributed by atoms with E-state index in [2.05, 4.69) is 4.99 Å². The van der Waals surface area contributed by atoms with Crippen molar-refractivity contribution >= 4 is 29.6 Å². The van der Waals surface area contributed by atoms with Gasteiger partial charge in [-0.25, -0.2) is 14.6 Å². The van der Waals surface area contributed by atoms with Crippen molar-refractivity contribution in [2.75, 3.05) is 7.11 Å². The Balaban J connectivity index is 1.93. The Bertz CT molecular complexity index is 1010. The molecule has 0 unspecified atom stereocenters. The lowest BCUT2D eigenvalue weighted by Crippen LogP contribution is -2.06. The first-order chi connectivity index (χ1) is 12.9. The highest BCUT2D eigenvalue weighted by molar-refractivity contribution is 6.13. The van der Waals surface area contributed by atoms with Crippen LogP contribution in [0.3, 0.4) is 0 Å². The van der Waals surface area contributed by atoms with Crippen LogP contribution >= 0.6 is 0 Å². The minimum Gasteiger partial charge on any atom is -0.490 e. The number of cyclic esters (lactones) is 1. The number of carbonyl (C=O) groups is 2. The Morgan fingerprint density at radius 1 is 1.26 bits per heavy atom. The number of aromatic carboxylic acids is 1. The standard InChI is InChI=1S/C18H12N2O7/c1-26-15-7-6-12(9-14(15)20(24)25)16-19-13(18(23)27-16)8-10-2-4-11(5-3-10)17(21)22/h2-9H,1H3,(H,21,22)/b13-8-. The van der Waals surface area contributed by atoms with Crippen LogP contribution in [0.15, 0.2) is 53.2 Å². The highest BCUT2D eigenvalue weighted by Gasteiger charge is 2.26. The first-order valence-electron chi connectivity index (χ1n) is 7.58. The number of nitrogens with zero attached hydrogens (tertiary/aromatic N) is 2. The topological polar surface area (TPSA) is 128 Å². The Labute approximate surface area is 152 Å². The second-order valence-corrected chi connectivity index (χ2v) is 5.41. The predicted molar refractivity (Wildman–Crippen MR) is 93.7 cm³/mol. The molecule has 0 saturated carbocycles. The summed E-state index contributed by atoms with van der Waals surface area (Å²) in [5, 5.41) is 20.0. The maximum atomic E-state index is 12.0. The fourth-order valence-electron chi connectivity index (χ4n) is 2.38.